The van der Waals surface area contributed by atoms with Crippen molar-refractivity contribution in [2.45, 2.75) is 9.79 Å². The molecule has 0 aliphatic carbocycles. The summed E-state index contributed by atoms with van der Waals surface area (Å²) >= 11 is 7.28. The largest absolute Gasteiger partial charge is 0.398 e. The maximum Gasteiger partial charge on any atom is 0.143 e. The smallest absolute Gasteiger partial charge is 0.143 e. The Balaban J connectivity index is 1.99. The zero-order valence-electron chi connectivity index (χ0n) is 10.4. The van der Waals surface area contributed by atoms with Crippen molar-refractivity contribution in [2.24, 2.45) is 0 Å². The van der Waals surface area contributed by atoms with Gasteiger partial charge in [0.2, 0.25) is 0 Å². The maximum atomic E-state index is 13.3. The summed E-state index contributed by atoms with van der Waals surface area (Å²) < 4.78 is 13.3. The lowest BCUT2D eigenvalue weighted by atomic mass is 10.1. The summed E-state index contributed by atoms with van der Waals surface area (Å²) in [7, 11) is 0. The highest BCUT2D eigenvalue weighted by molar-refractivity contribution is 7.99. The number of halogens is 2. The molecule has 0 atom stereocenters. The Bertz CT molecular complexity index is 789. The number of nitrogen functional groups attached to an aromatic ring is 1. The van der Waals surface area contributed by atoms with Gasteiger partial charge in [0.05, 0.1) is 5.02 Å². The van der Waals surface area contributed by atoms with E-state index in [1.165, 1.54) is 23.2 Å². The number of anilines is 1. The van der Waals surface area contributed by atoms with Crippen LogP contribution < -0.4 is 5.73 Å². The highest BCUT2D eigenvalue weighted by Gasteiger charge is 2.08. The van der Waals surface area contributed by atoms with Crippen LogP contribution >= 0.6 is 23.4 Å². The average molecular weight is 304 g/mol. The molecule has 0 aliphatic rings. The van der Waals surface area contributed by atoms with Gasteiger partial charge in [0.25, 0.3) is 0 Å². The molecular weight excluding hydrogens is 293 g/mol. The van der Waals surface area contributed by atoms with Crippen molar-refractivity contribution < 1.29 is 4.39 Å². The molecule has 0 unspecified atom stereocenters. The number of hydrogen-bond donors (Lipinski definition) is 1. The molecule has 0 radical (unpaired) electrons. The number of nitrogens with two attached hydrogens (primary N) is 1. The SMILES string of the molecule is Nc1cc(F)c(Cl)cc1Sc1ccc2ccccc2c1. The molecule has 100 valence electrons. The molecule has 0 saturated heterocycles. The summed E-state index contributed by atoms with van der Waals surface area (Å²) in [5.74, 6) is -0.493. The summed E-state index contributed by atoms with van der Waals surface area (Å²) in [5.41, 5.74) is 6.22. The number of fused-ring (bicyclic) bond motifs is 1. The Hall–Kier alpha value is -1.71. The van der Waals surface area contributed by atoms with E-state index < -0.39 is 5.82 Å². The fourth-order valence-corrected chi connectivity index (χ4v) is 3.15. The molecule has 0 amide bonds. The summed E-state index contributed by atoms with van der Waals surface area (Å²) in [4.78, 5) is 1.80. The summed E-state index contributed by atoms with van der Waals surface area (Å²) in [6.45, 7) is 0. The highest BCUT2D eigenvalue weighted by atomic mass is 35.5. The van der Waals surface area contributed by atoms with Crippen LogP contribution in [0.4, 0.5) is 10.1 Å². The van der Waals surface area contributed by atoms with Gasteiger partial charge in [0.15, 0.2) is 0 Å². The van der Waals surface area contributed by atoms with Gasteiger partial charge in [0.1, 0.15) is 5.82 Å². The Labute approximate surface area is 125 Å². The lowest BCUT2D eigenvalue weighted by molar-refractivity contribution is 0.628. The van der Waals surface area contributed by atoms with Gasteiger partial charge in [-0.25, -0.2) is 4.39 Å². The van der Waals surface area contributed by atoms with Crippen LogP contribution in [0.15, 0.2) is 64.4 Å². The fraction of sp³-hybridized carbons (Fsp3) is 0. The van der Waals surface area contributed by atoms with Gasteiger partial charge in [-0.2, -0.15) is 0 Å². The minimum absolute atomic E-state index is 0.0856. The van der Waals surface area contributed by atoms with Crippen molar-refractivity contribution in [3.63, 3.8) is 0 Å². The first-order valence-corrected chi connectivity index (χ1v) is 7.24. The first-order chi connectivity index (χ1) is 9.63. The van der Waals surface area contributed by atoms with Gasteiger partial charge in [-0.3, -0.25) is 0 Å². The molecule has 2 N–H and O–H groups in total. The molecular formula is C16H11ClFNS. The lowest BCUT2D eigenvalue weighted by Crippen LogP contribution is -1.91. The summed E-state index contributed by atoms with van der Waals surface area (Å²) in [6.07, 6.45) is 0. The second-order valence-corrected chi connectivity index (χ2v) is 5.94. The quantitative estimate of drug-likeness (QED) is 0.644. The molecule has 0 aromatic heterocycles. The second kappa shape index (κ2) is 5.35. The monoisotopic (exact) mass is 303 g/mol. The Morgan fingerprint density at radius 2 is 1.70 bits per heavy atom. The van der Waals surface area contributed by atoms with Gasteiger partial charge in [-0.1, -0.05) is 53.7 Å². The minimum Gasteiger partial charge on any atom is -0.398 e. The molecule has 0 spiro atoms. The van der Waals surface area contributed by atoms with E-state index in [-0.39, 0.29) is 5.02 Å². The van der Waals surface area contributed by atoms with Gasteiger partial charge in [0, 0.05) is 15.5 Å². The topological polar surface area (TPSA) is 26.0 Å². The minimum atomic E-state index is -0.493. The van der Waals surface area contributed by atoms with Crippen molar-refractivity contribution in [3.8, 4) is 0 Å². The first-order valence-electron chi connectivity index (χ1n) is 6.04. The standard InChI is InChI=1S/C16H11ClFNS/c17-13-8-16(15(19)9-14(13)18)20-12-6-5-10-3-1-2-4-11(10)7-12/h1-9H,19H2. The molecule has 0 heterocycles. The molecule has 3 rings (SSSR count). The number of rotatable bonds is 2. The van der Waals surface area contributed by atoms with Crippen LogP contribution in [0.25, 0.3) is 10.8 Å². The predicted octanol–water partition coefficient (Wildman–Crippen LogP) is 5.37. The van der Waals surface area contributed by atoms with Gasteiger partial charge < -0.3 is 5.73 Å². The molecule has 0 bridgehead atoms. The first kappa shape index (κ1) is 13.3. The van der Waals surface area contributed by atoms with Crippen LogP contribution in [-0.4, -0.2) is 0 Å². The predicted molar refractivity (Wildman–Crippen MR) is 83.9 cm³/mol. The summed E-state index contributed by atoms with van der Waals surface area (Å²) in [5, 5.41) is 2.42. The number of hydrogen-bond acceptors (Lipinski definition) is 2. The molecule has 3 aromatic rings. The molecule has 4 heteroatoms. The average Bonchev–Trinajstić information content (AvgIpc) is 2.44. The molecule has 0 aliphatic heterocycles. The van der Waals surface area contributed by atoms with E-state index in [4.69, 9.17) is 17.3 Å². The van der Waals surface area contributed by atoms with E-state index in [1.807, 2.05) is 18.2 Å². The van der Waals surface area contributed by atoms with E-state index in [2.05, 4.69) is 24.3 Å². The van der Waals surface area contributed by atoms with Crippen LogP contribution in [0.2, 0.25) is 5.02 Å². The van der Waals surface area contributed by atoms with Crippen LogP contribution in [0.1, 0.15) is 0 Å². The fourth-order valence-electron chi connectivity index (χ4n) is 1.99. The molecule has 20 heavy (non-hydrogen) atoms. The van der Waals surface area contributed by atoms with E-state index in [1.54, 1.807) is 6.07 Å². The molecule has 1 nitrogen and oxygen atoms in total. The maximum absolute atomic E-state index is 13.3. The van der Waals surface area contributed by atoms with Gasteiger partial charge >= 0.3 is 0 Å². The second-order valence-electron chi connectivity index (χ2n) is 4.42. The third-order valence-electron chi connectivity index (χ3n) is 3.00. The van der Waals surface area contributed by atoms with Crippen molar-refractivity contribution >= 4 is 39.8 Å². The third-order valence-corrected chi connectivity index (χ3v) is 4.35. The molecule has 0 saturated carbocycles. The highest BCUT2D eigenvalue weighted by Crippen LogP contribution is 2.36. The van der Waals surface area contributed by atoms with Crippen molar-refractivity contribution in [1.82, 2.24) is 0 Å². The van der Waals surface area contributed by atoms with Crippen LogP contribution in [0.5, 0.6) is 0 Å². The van der Waals surface area contributed by atoms with Crippen LogP contribution in [-0.2, 0) is 0 Å². The van der Waals surface area contributed by atoms with Crippen molar-refractivity contribution in [3.05, 3.63) is 65.4 Å². The van der Waals surface area contributed by atoms with Crippen molar-refractivity contribution in [1.29, 1.82) is 0 Å². The van der Waals surface area contributed by atoms with E-state index in [0.29, 0.717) is 5.69 Å². The number of benzene rings is 3. The Morgan fingerprint density at radius 1 is 0.950 bits per heavy atom. The van der Waals surface area contributed by atoms with Gasteiger partial charge in [-0.15, -0.1) is 0 Å². The zero-order valence-corrected chi connectivity index (χ0v) is 12.0. The van der Waals surface area contributed by atoms with Gasteiger partial charge in [-0.05, 0) is 35.0 Å². The lowest BCUT2D eigenvalue weighted by Gasteiger charge is -2.08. The van der Waals surface area contributed by atoms with E-state index in [9.17, 15) is 4.39 Å². The Morgan fingerprint density at radius 3 is 2.50 bits per heavy atom. The van der Waals surface area contributed by atoms with Crippen molar-refractivity contribution in [2.75, 3.05) is 5.73 Å². The Kier molecular flexibility index (Phi) is 3.55. The summed E-state index contributed by atoms with van der Waals surface area (Å²) in [6, 6.07) is 17.1. The van der Waals surface area contributed by atoms with E-state index in [0.717, 1.165) is 15.2 Å². The van der Waals surface area contributed by atoms with E-state index >= 15 is 0 Å². The molecule has 3 aromatic carbocycles. The van der Waals surface area contributed by atoms with Crippen LogP contribution in [0, 0.1) is 5.82 Å². The van der Waals surface area contributed by atoms with Crippen LogP contribution in [0.3, 0.4) is 0 Å². The normalized spacial score (nSPS) is 10.9. The zero-order chi connectivity index (χ0) is 14.1. The molecule has 0 fully saturated rings. The third kappa shape index (κ3) is 2.60.